The topological polar surface area (TPSA) is 67.2 Å². The van der Waals surface area contributed by atoms with E-state index in [-0.39, 0.29) is 17.3 Å². The van der Waals surface area contributed by atoms with E-state index >= 15 is 0 Å². The fourth-order valence-electron chi connectivity index (χ4n) is 1.91. The van der Waals surface area contributed by atoms with E-state index in [0.717, 1.165) is 12.8 Å². The van der Waals surface area contributed by atoms with Crippen molar-refractivity contribution in [3.05, 3.63) is 29.8 Å². The molecular weight excluding hydrogens is 274 g/mol. The molecule has 0 saturated carbocycles. The number of ether oxygens (including phenoxy) is 1. The van der Waals surface area contributed by atoms with Crippen molar-refractivity contribution in [3.63, 3.8) is 0 Å². The molecule has 0 aliphatic rings. The molecule has 0 N–H and O–H groups in total. The molecule has 0 fully saturated rings. The first kappa shape index (κ1) is 16.7. The standard InChI is InChI=1S/C15H21NO3S/c1-3-5-13(2)12-19-8-9-20(17,18)15-7-4-6-14(10-15)11-16/h4,6-7,10,13H,3,5,8-9,12H2,1-2H3. The van der Waals surface area contributed by atoms with Gasteiger partial charge in [-0.25, -0.2) is 8.42 Å². The Morgan fingerprint density at radius 1 is 1.40 bits per heavy atom. The summed E-state index contributed by atoms with van der Waals surface area (Å²) >= 11 is 0. The van der Waals surface area contributed by atoms with E-state index in [4.69, 9.17) is 10.00 Å². The van der Waals surface area contributed by atoms with Crippen molar-refractivity contribution in [2.75, 3.05) is 19.0 Å². The van der Waals surface area contributed by atoms with Crippen LogP contribution in [0, 0.1) is 17.2 Å². The maximum atomic E-state index is 12.1. The molecule has 20 heavy (non-hydrogen) atoms. The van der Waals surface area contributed by atoms with Crippen LogP contribution in [-0.2, 0) is 14.6 Å². The molecule has 0 saturated heterocycles. The van der Waals surface area contributed by atoms with Crippen LogP contribution in [0.4, 0.5) is 0 Å². The van der Waals surface area contributed by atoms with Gasteiger partial charge in [0.1, 0.15) is 0 Å². The predicted octanol–water partition coefficient (Wildman–Crippen LogP) is 2.78. The largest absolute Gasteiger partial charge is 0.380 e. The van der Waals surface area contributed by atoms with Gasteiger partial charge in [0.25, 0.3) is 0 Å². The van der Waals surface area contributed by atoms with Gasteiger partial charge in [-0.2, -0.15) is 5.26 Å². The third-order valence-electron chi connectivity index (χ3n) is 3.00. The first-order chi connectivity index (χ1) is 9.49. The van der Waals surface area contributed by atoms with Gasteiger partial charge in [-0.15, -0.1) is 0 Å². The van der Waals surface area contributed by atoms with Crippen molar-refractivity contribution < 1.29 is 13.2 Å². The lowest BCUT2D eigenvalue weighted by Crippen LogP contribution is -2.15. The number of hydrogen-bond acceptors (Lipinski definition) is 4. The van der Waals surface area contributed by atoms with Crippen LogP contribution in [0.3, 0.4) is 0 Å². The summed E-state index contributed by atoms with van der Waals surface area (Å²) in [6.07, 6.45) is 2.18. The van der Waals surface area contributed by atoms with E-state index < -0.39 is 9.84 Å². The molecule has 0 radical (unpaired) electrons. The second kappa shape index (κ2) is 8.03. The van der Waals surface area contributed by atoms with Gasteiger partial charge in [0.2, 0.25) is 0 Å². The van der Waals surface area contributed by atoms with Crippen molar-refractivity contribution in [3.8, 4) is 6.07 Å². The predicted molar refractivity (Wildman–Crippen MR) is 78.1 cm³/mol. The number of nitriles is 1. The van der Waals surface area contributed by atoms with Crippen molar-refractivity contribution in [2.45, 2.75) is 31.6 Å². The summed E-state index contributed by atoms with van der Waals surface area (Å²) in [5.74, 6) is 0.394. The Hall–Kier alpha value is -1.38. The molecule has 4 nitrogen and oxygen atoms in total. The Morgan fingerprint density at radius 2 is 2.15 bits per heavy atom. The minimum absolute atomic E-state index is 0.0548. The highest BCUT2D eigenvalue weighted by atomic mass is 32.2. The van der Waals surface area contributed by atoms with Crippen LogP contribution < -0.4 is 0 Å². The first-order valence-corrected chi connectivity index (χ1v) is 8.45. The number of hydrogen-bond donors (Lipinski definition) is 0. The third kappa shape index (κ3) is 5.32. The molecule has 1 aromatic carbocycles. The monoisotopic (exact) mass is 295 g/mol. The summed E-state index contributed by atoms with van der Waals surface area (Å²) in [5.41, 5.74) is 0.351. The van der Waals surface area contributed by atoms with Crippen LogP contribution in [-0.4, -0.2) is 27.4 Å². The molecule has 1 aromatic rings. The van der Waals surface area contributed by atoms with Crippen LogP contribution in [0.5, 0.6) is 0 Å². The first-order valence-electron chi connectivity index (χ1n) is 6.80. The van der Waals surface area contributed by atoms with Crippen molar-refractivity contribution in [2.24, 2.45) is 5.92 Å². The molecule has 1 unspecified atom stereocenters. The molecule has 0 aromatic heterocycles. The average molecular weight is 295 g/mol. The highest BCUT2D eigenvalue weighted by molar-refractivity contribution is 7.91. The van der Waals surface area contributed by atoms with Gasteiger partial charge in [-0.05, 0) is 30.5 Å². The van der Waals surface area contributed by atoms with Gasteiger partial charge in [-0.1, -0.05) is 26.3 Å². The van der Waals surface area contributed by atoms with E-state index in [1.54, 1.807) is 12.1 Å². The Bertz CT molecular complexity index is 561. The number of nitrogens with zero attached hydrogens (tertiary/aromatic N) is 1. The van der Waals surface area contributed by atoms with Gasteiger partial charge in [0.05, 0.1) is 28.9 Å². The van der Waals surface area contributed by atoms with Crippen molar-refractivity contribution in [1.29, 1.82) is 5.26 Å². The van der Waals surface area contributed by atoms with Crippen LogP contribution >= 0.6 is 0 Å². The zero-order valence-electron chi connectivity index (χ0n) is 12.0. The summed E-state index contributed by atoms with van der Waals surface area (Å²) in [5, 5.41) is 8.78. The van der Waals surface area contributed by atoms with Crippen molar-refractivity contribution in [1.82, 2.24) is 0 Å². The summed E-state index contributed by atoms with van der Waals surface area (Å²) < 4.78 is 29.6. The molecule has 0 amide bonds. The normalized spacial score (nSPS) is 12.8. The summed E-state index contributed by atoms with van der Waals surface area (Å²) in [7, 11) is -3.38. The lowest BCUT2D eigenvalue weighted by Gasteiger charge is -2.11. The molecule has 1 atom stereocenters. The quantitative estimate of drug-likeness (QED) is 0.692. The van der Waals surface area contributed by atoms with Gasteiger partial charge in [0.15, 0.2) is 9.84 Å². The zero-order valence-corrected chi connectivity index (χ0v) is 12.8. The van der Waals surface area contributed by atoms with Crippen LogP contribution in [0.15, 0.2) is 29.2 Å². The van der Waals surface area contributed by atoms with E-state index in [9.17, 15) is 8.42 Å². The van der Waals surface area contributed by atoms with Gasteiger partial charge < -0.3 is 4.74 Å². The molecule has 1 rings (SSSR count). The van der Waals surface area contributed by atoms with Gasteiger partial charge in [0, 0.05) is 6.61 Å². The van der Waals surface area contributed by atoms with E-state index in [0.29, 0.717) is 18.1 Å². The lowest BCUT2D eigenvalue weighted by molar-refractivity contribution is 0.114. The minimum atomic E-state index is -3.38. The maximum Gasteiger partial charge on any atom is 0.180 e. The molecule has 0 aliphatic heterocycles. The smallest absolute Gasteiger partial charge is 0.180 e. The summed E-state index contributed by atoms with van der Waals surface area (Å²) in [4.78, 5) is 0.182. The second-order valence-electron chi connectivity index (χ2n) is 4.93. The van der Waals surface area contributed by atoms with Crippen LogP contribution in [0.25, 0.3) is 0 Å². The zero-order chi connectivity index (χ0) is 15.0. The van der Waals surface area contributed by atoms with Crippen LogP contribution in [0.1, 0.15) is 32.3 Å². The average Bonchev–Trinajstić information content (AvgIpc) is 2.44. The number of benzene rings is 1. The summed E-state index contributed by atoms with van der Waals surface area (Å²) in [6, 6.07) is 8.01. The third-order valence-corrected chi connectivity index (χ3v) is 4.68. The summed E-state index contributed by atoms with van der Waals surface area (Å²) in [6.45, 7) is 4.98. The van der Waals surface area contributed by atoms with Gasteiger partial charge >= 0.3 is 0 Å². The SMILES string of the molecule is CCCC(C)COCCS(=O)(=O)c1cccc(C#N)c1. The Morgan fingerprint density at radius 3 is 2.80 bits per heavy atom. The lowest BCUT2D eigenvalue weighted by atomic mass is 10.1. The Balaban J connectivity index is 2.52. The fourth-order valence-corrected chi connectivity index (χ4v) is 3.07. The highest BCUT2D eigenvalue weighted by Gasteiger charge is 2.15. The Labute approximate surface area is 121 Å². The Kier molecular flexibility index (Phi) is 6.69. The van der Waals surface area contributed by atoms with Gasteiger partial charge in [-0.3, -0.25) is 0 Å². The molecule has 0 bridgehead atoms. The molecule has 110 valence electrons. The van der Waals surface area contributed by atoms with E-state index in [1.807, 2.05) is 6.07 Å². The van der Waals surface area contributed by atoms with Crippen LogP contribution in [0.2, 0.25) is 0 Å². The molecule has 0 spiro atoms. The second-order valence-corrected chi connectivity index (χ2v) is 7.04. The maximum absolute atomic E-state index is 12.1. The minimum Gasteiger partial charge on any atom is -0.380 e. The van der Waals surface area contributed by atoms with E-state index in [1.165, 1.54) is 12.1 Å². The number of sulfone groups is 1. The fraction of sp³-hybridized carbons (Fsp3) is 0.533. The van der Waals surface area contributed by atoms with Crippen molar-refractivity contribution >= 4 is 9.84 Å². The molecule has 0 aliphatic carbocycles. The molecular formula is C15H21NO3S. The van der Waals surface area contributed by atoms with E-state index in [2.05, 4.69) is 13.8 Å². The molecule has 0 heterocycles. The molecule has 5 heteroatoms. The highest BCUT2D eigenvalue weighted by Crippen LogP contribution is 2.13. The number of rotatable bonds is 8.